The van der Waals surface area contributed by atoms with Gasteiger partial charge in [-0.05, 0) is 6.92 Å². The van der Waals surface area contributed by atoms with Gasteiger partial charge >= 0.3 is 0 Å². The first kappa shape index (κ1) is 8.64. The standard InChI is InChI=1S/C6H6N4.C2H6/c1-4-5-6(10-9-4)8-3-2-7-5;1-2/h2-3H,1H3,(H,8,9,10);1-2H3. The maximum Gasteiger partial charge on any atom is 0.199 e. The van der Waals surface area contributed by atoms with Crippen LogP contribution in [0.4, 0.5) is 0 Å². The van der Waals surface area contributed by atoms with E-state index in [1.54, 1.807) is 12.4 Å². The summed E-state index contributed by atoms with van der Waals surface area (Å²) in [6.45, 7) is 5.92. The first-order chi connectivity index (χ1) is 5.88. The fourth-order valence-corrected chi connectivity index (χ4v) is 0.867. The summed E-state index contributed by atoms with van der Waals surface area (Å²) in [5.74, 6) is 0. The summed E-state index contributed by atoms with van der Waals surface area (Å²) in [7, 11) is 0. The minimum absolute atomic E-state index is 0.681. The van der Waals surface area contributed by atoms with Crippen LogP contribution >= 0.6 is 0 Å². The lowest BCUT2D eigenvalue weighted by Crippen LogP contribution is -1.77. The molecular weight excluding hydrogens is 152 g/mol. The van der Waals surface area contributed by atoms with Gasteiger partial charge in [0.15, 0.2) is 5.65 Å². The zero-order chi connectivity index (χ0) is 8.97. The Hall–Kier alpha value is -1.45. The van der Waals surface area contributed by atoms with E-state index in [-0.39, 0.29) is 0 Å². The lowest BCUT2D eigenvalue weighted by Gasteiger charge is -1.83. The fourth-order valence-electron chi connectivity index (χ4n) is 0.867. The second-order valence-corrected chi connectivity index (χ2v) is 2.08. The number of aryl methyl sites for hydroxylation is 1. The molecule has 12 heavy (non-hydrogen) atoms. The van der Waals surface area contributed by atoms with E-state index in [4.69, 9.17) is 0 Å². The Bertz CT molecular complexity index is 353. The van der Waals surface area contributed by atoms with Crippen LogP contribution in [0, 0.1) is 6.92 Å². The highest BCUT2D eigenvalue weighted by Gasteiger charge is 1.99. The molecule has 0 saturated heterocycles. The van der Waals surface area contributed by atoms with Gasteiger partial charge < -0.3 is 0 Å². The van der Waals surface area contributed by atoms with Crippen LogP contribution in [0.2, 0.25) is 0 Å². The van der Waals surface area contributed by atoms with Gasteiger partial charge in [0.1, 0.15) is 5.52 Å². The van der Waals surface area contributed by atoms with Crippen LogP contribution in [0.15, 0.2) is 12.4 Å². The lowest BCUT2D eigenvalue weighted by atomic mass is 10.4. The molecule has 0 bridgehead atoms. The van der Waals surface area contributed by atoms with Gasteiger partial charge in [-0.1, -0.05) is 13.8 Å². The Kier molecular flexibility index (Phi) is 2.74. The second-order valence-electron chi connectivity index (χ2n) is 2.08. The average molecular weight is 164 g/mol. The van der Waals surface area contributed by atoms with Crippen LogP contribution in [0.25, 0.3) is 11.2 Å². The van der Waals surface area contributed by atoms with Crippen molar-refractivity contribution in [3.8, 4) is 0 Å². The lowest BCUT2D eigenvalue weighted by molar-refractivity contribution is 1.05. The summed E-state index contributed by atoms with van der Waals surface area (Å²) in [6, 6.07) is 0. The molecule has 0 amide bonds. The Labute approximate surface area is 71.1 Å². The third-order valence-electron chi connectivity index (χ3n) is 1.36. The highest BCUT2D eigenvalue weighted by atomic mass is 15.2. The van der Waals surface area contributed by atoms with E-state index < -0.39 is 0 Å². The van der Waals surface area contributed by atoms with E-state index in [2.05, 4.69) is 20.2 Å². The minimum atomic E-state index is 0.681. The Morgan fingerprint density at radius 3 is 2.50 bits per heavy atom. The topological polar surface area (TPSA) is 54.5 Å². The number of hydrogen-bond donors (Lipinski definition) is 1. The largest absolute Gasteiger partial charge is 0.278 e. The molecule has 1 N–H and O–H groups in total. The smallest absolute Gasteiger partial charge is 0.199 e. The van der Waals surface area contributed by atoms with Crippen LogP contribution in [0.1, 0.15) is 19.5 Å². The number of H-pyrrole nitrogens is 1. The summed E-state index contributed by atoms with van der Waals surface area (Å²) in [6.07, 6.45) is 3.29. The van der Waals surface area contributed by atoms with E-state index in [0.717, 1.165) is 11.2 Å². The summed E-state index contributed by atoms with van der Waals surface area (Å²) in [4.78, 5) is 8.08. The van der Waals surface area contributed by atoms with Crippen molar-refractivity contribution in [3.05, 3.63) is 18.1 Å². The van der Waals surface area contributed by atoms with E-state index in [1.165, 1.54) is 0 Å². The number of rotatable bonds is 0. The molecule has 0 aromatic carbocycles. The van der Waals surface area contributed by atoms with E-state index >= 15 is 0 Å². The number of nitrogens with zero attached hydrogens (tertiary/aromatic N) is 3. The Balaban J connectivity index is 0.000000336. The summed E-state index contributed by atoms with van der Waals surface area (Å²) in [5, 5.41) is 6.72. The first-order valence-electron chi connectivity index (χ1n) is 3.99. The molecule has 2 rings (SSSR count). The van der Waals surface area contributed by atoms with Crippen molar-refractivity contribution in [3.63, 3.8) is 0 Å². The molecule has 0 aliphatic carbocycles. The van der Waals surface area contributed by atoms with E-state index in [1.807, 2.05) is 20.8 Å². The highest BCUT2D eigenvalue weighted by Crippen LogP contribution is 2.06. The molecule has 0 saturated carbocycles. The van der Waals surface area contributed by atoms with Gasteiger partial charge in [0.05, 0.1) is 5.69 Å². The fraction of sp³-hybridized carbons (Fsp3) is 0.375. The number of fused-ring (bicyclic) bond motifs is 1. The minimum Gasteiger partial charge on any atom is -0.278 e. The number of aromatic nitrogens is 4. The number of aromatic amines is 1. The third-order valence-corrected chi connectivity index (χ3v) is 1.36. The zero-order valence-electron chi connectivity index (χ0n) is 7.50. The molecule has 2 aromatic rings. The van der Waals surface area contributed by atoms with Crippen molar-refractivity contribution in [1.82, 2.24) is 20.2 Å². The summed E-state index contributed by atoms with van der Waals surface area (Å²) >= 11 is 0. The van der Waals surface area contributed by atoms with Crippen LogP contribution in [-0.4, -0.2) is 20.2 Å². The van der Waals surface area contributed by atoms with Gasteiger partial charge in [-0.3, -0.25) is 5.10 Å². The van der Waals surface area contributed by atoms with Crippen LogP contribution < -0.4 is 0 Å². The van der Waals surface area contributed by atoms with Crippen molar-refractivity contribution in [1.29, 1.82) is 0 Å². The molecule has 2 aromatic heterocycles. The van der Waals surface area contributed by atoms with Crippen LogP contribution in [0.5, 0.6) is 0 Å². The van der Waals surface area contributed by atoms with E-state index in [0.29, 0.717) is 5.65 Å². The highest BCUT2D eigenvalue weighted by molar-refractivity contribution is 5.71. The predicted molar refractivity (Wildman–Crippen MR) is 47.8 cm³/mol. The van der Waals surface area contributed by atoms with Crippen molar-refractivity contribution in [2.75, 3.05) is 0 Å². The Morgan fingerprint density at radius 1 is 1.17 bits per heavy atom. The molecule has 0 unspecified atom stereocenters. The number of nitrogens with one attached hydrogen (secondary N) is 1. The van der Waals surface area contributed by atoms with Gasteiger partial charge in [0.2, 0.25) is 0 Å². The molecule has 64 valence electrons. The SMILES string of the molecule is CC.Cc1[nH]nc2nccnc12. The van der Waals surface area contributed by atoms with Crippen molar-refractivity contribution in [2.24, 2.45) is 0 Å². The summed E-state index contributed by atoms with van der Waals surface area (Å²) < 4.78 is 0. The molecule has 4 heteroatoms. The molecule has 2 heterocycles. The normalized spacial score (nSPS) is 9.25. The molecule has 0 atom stereocenters. The van der Waals surface area contributed by atoms with Crippen LogP contribution in [0.3, 0.4) is 0 Å². The van der Waals surface area contributed by atoms with Crippen LogP contribution in [-0.2, 0) is 0 Å². The zero-order valence-corrected chi connectivity index (χ0v) is 7.50. The monoisotopic (exact) mass is 164 g/mol. The maximum absolute atomic E-state index is 4.08. The van der Waals surface area contributed by atoms with Gasteiger partial charge in [0.25, 0.3) is 0 Å². The molecule has 0 fully saturated rings. The Morgan fingerprint density at radius 2 is 1.83 bits per heavy atom. The first-order valence-corrected chi connectivity index (χ1v) is 3.99. The van der Waals surface area contributed by atoms with Gasteiger partial charge in [0, 0.05) is 12.4 Å². The van der Waals surface area contributed by atoms with Gasteiger partial charge in [-0.25, -0.2) is 9.97 Å². The second kappa shape index (κ2) is 3.80. The molecular formula is C8H12N4. The van der Waals surface area contributed by atoms with Crippen molar-refractivity contribution < 1.29 is 0 Å². The predicted octanol–water partition coefficient (Wildman–Crippen LogP) is 1.69. The van der Waals surface area contributed by atoms with Gasteiger partial charge in [-0.15, -0.1) is 0 Å². The van der Waals surface area contributed by atoms with Gasteiger partial charge in [-0.2, -0.15) is 5.10 Å². The average Bonchev–Trinajstić information content (AvgIpc) is 2.53. The quantitative estimate of drug-likeness (QED) is 0.644. The molecule has 0 aliphatic heterocycles. The molecule has 0 radical (unpaired) electrons. The van der Waals surface area contributed by atoms with E-state index in [9.17, 15) is 0 Å². The summed E-state index contributed by atoms with van der Waals surface area (Å²) in [5.41, 5.74) is 2.49. The molecule has 0 spiro atoms. The maximum atomic E-state index is 4.08. The van der Waals surface area contributed by atoms with Crippen molar-refractivity contribution in [2.45, 2.75) is 20.8 Å². The number of hydrogen-bond acceptors (Lipinski definition) is 3. The third kappa shape index (κ3) is 1.42. The van der Waals surface area contributed by atoms with Crippen molar-refractivity contribution >= 4 is 11.2 Å². The molecule has 0 aliphatic rings. The molecule has 4 nitrogen and oxygen atoms in total.